The summed E-state index contributed by atoms with van der Waals surface area (Å²) >= 11 is 0. The Morgan fingerprint density at radius 3 is 2.50 bits per heavy atom. The molecule has 0 spiro atoms. The van der Waals surface area contributed by atoms with Crippen LogP contribution in [0, 0.1) is 0 Å². The number of hydrogen-bond donors (Lipinski definition) is 0. The number of fused-ring (bicyclic) bond motifs is 1. The van der Waals surface area contributed by atoms with Gasteiger partial charge >= 0.3 is 0 Å². The lowest BCUT2D eigenvalue weighted by molar-refractivity contribution is -0.132. The van der Waals surface area contributed by atoms with Gasteiger partial charge in [-0.25, -0.2) is 0 Å². The third-order valence-corrected chi connectivity index (χ3v) is 4.85. The van der Waals surface area contributed by atoms with Crippen LogP contribution in [-0.2, 0) is 24.3 Å². The summed E-state index contributed by atoms with van der Waals surface area (Å²) < 4.78 is 4.20. The minimum atomic E-state index is 0.138. The first-order chi connectivity index (χ1) is 12.6. The molecule has 6 nitrogen and oxygen atoms in total. The van der Waals surface area contributed by atoms with Gasteiger partial charge in [0, 0.05) is 37.1 Å². The Bertz CT molecular complexity index is 893. The van der Waals surface area contributed by atoms with Crippen molar-refractivity contribution in [3.63, 3.8) is 0 Å². The van der Waals surface area contributed by atoms with Crippen LogP contribution in [0.1, 0.15) is 37.0 Å². The highest BCUT2D eigenvalue weighted by Gasteiger charge is 2.25. The Labute approximate surface area is 153 Å². The summed E-state index contributed by atoms with van der Waals surface area (Å²) in [5.41, 5.74) is 2.12. The first-order valence-corrected chi connectivity index (χ1v) is 9.04. The summed E-state index contributed by atoms with van der Waals surface area (Å²) in [6, 6.07) is 12.1. The molecule has 3 aromatic rings. The molecular weight excluding hydrogens is 326 g/mol. The van der Waals surface area contributed by atoms with Crippen LogP contribution in [0.2, 0.25) is 0 Å². The summed E-state index contributed by atoms with van der Waals surface area (Å²) in [7, 11) is 0. The normalized spacial score (nSPS) is 13.9. The van der Waals surface area contributed by atoms with Gasteiger partial charge in [-0.3, -0.25) is 4.79 Å². The van der Waals surface area contributed by atoms with Crippen LogP contribution in [0.4, 0.5) is 0 Å². The summed E-state index contributed by atoms with van der Waals surface area (Å²) in [4.78, 5) is 14.6. The standard InChI is InChI=1S/C20H23N5O/c1-15(2)20-22-21-18-14-24(11-12-25(18)20)19(26)13-16-5-7-17(8-6-16)23-9-3-4-10-23/h3-10,15H,11-14H2,1-2H3. The van der Waals surface area contributed by atoms with Gasteiger partial charge in [0.25, 0.3) is 0 Å². The van der Waals surface area contributed by atoms with Gasteiger partial charge < -0.3 is 14.0 Å². The molecule has 0 fully saturated rings. The van der Waals surface area contributed by atoms with Gasteiger partial charge in [0.2, 0.25) is 5.91 Å². The molecule has 0 saturated carbocycles. The van der Waals surface area contributed by atoms with Crippen LogP contribution in [-0.4, -0.2) is 36.7 Å². The van der Waals surface area contributed by atoms with Crippen molar-refractivity contribution in [1.82, 2.24) is 24.2 Å². The summed E-state index contributed by atoms with van der Waals surface area (Å²) in [5.74, 6) is 2.38. The van der Waals surface area contributed by atoms with Gasteiger partial charge in [0.05, 0.1) is 13.0 Å². The Kier molecular flexibility index (Phi) is 4.32. The largest absolute Gasteiger partial charge is 0.333 e. The van der Waals surface area contributed by atoms with Gasteiger partial charge in [0.15, 0.2) is 5.82 Å². The second kappa shape index (κ2) is 6.78. The number of benzene rings is 1. The smallest absolute Gasteiger partial charge is 0.227 e. The molecule has 6 heteroatoms. The number of carbonyl (C=O) groups is 1. The molecule has 1 aliphatic rings. The van der Waals surface area contributed by atoms with Crippen LogP contribution in [0.25, 0.3) is 5.69 Å². The van der Waals surface area contributed by atoms with E-state index < -0.39 is 0 Å². The van der Waals surface area contributed by atoms with Crippen molar-refractivity contribution in [2.45, 2.75) is 39.3 Å². The highest BCUT2D eigenvalue weighted by atomic mass is 16.2. The Morgan fingerprint density at radius 1 is 1.08 bits per heavy atom. The monoisotopic (exact) mass is 349 g/mol. The van der Waals surface area contributed by atoms with Crippen molar-refractivity contribution < 1.29 is 4.79 Å². The lowest BCUT2D eigenvalue weighted by Gasteiger charge is -2.28. The highest BCUT2D eigenvalue weighted by molar-refractivity contribution is 5.78. The van der Waals surface area contributed by atoms with E-state index in [1.54, 1.807) is 0 Å². The van der Waals surface area contributed by atoms with Crippen LogP contribution in [0.3, 0.4) is 0 Å². The van der Waals surface area contributed by atoms with Gasteiger partial charge in [0.1, 0.15) is 5.82 Å². The van der Waals surface area contributed by atoms with E-state index in [1.807, 2.05) is 53.7 Å². The Balaban J connectivity index is 1.42. The average Bonchev–Trinajstić information content (AvgIpc) is 3.31. The molecule has 1 aromatic carbocycles. The summed E-state index contributed by atoms with van der Waals surface area (Å²) in [6.45, 7) is 6.26. The van der Waals surface area contributed by atoms with Crippen molar-refractivity contribution in [3.05, 3.63) is 66.0 Å². The van der Waals surface area contributed by atoms with E-state index in [-0.39, 0.29) is 5.91 Å². The van der Waals surface area contributed by atoms with Crippen LogP contribution >= 0.6 is 0 Å². The van der Waals surface area contributed by atoms with E-state index in [0.29, 0.717) is 25.4 Å². The van der Waals surface area contributed by atoms with E-state index in [0.717, 1.165) is 29.4 Å². The number of hydrogen-bond acceptors (Lipinski definition) is 3. The van der Waals surface area contributed by atoms with Crippen LogP contribution in [0.15, 0.2) is 48.8 Å². The fraction of sp³-hybridized carbons (Fsp3) is 0.350. The van der Waals surface area contributed by atoms with Crippen molar-refractivity contribution in [3.8, 4) is 5.69 Å². The SMILES string of the molecule is CC(C)c1nnc2n1CCN(C(=O)Cc1ccc(-n3cccc3)cc1)C2. The molecule has 0 radical (unpaired) electrons. The van der Waals surface area contributed by atoms with E-state index >= 15 is 0 Å². The minimum absolute atomic E-state index is 0.138. The molecule has 0 aliphatic carbocycles. The van der Waals surface area contributed by atoms with E-state index in [2.05, 4.69) is 33.2 Å². The average molecular weight is 349 g/mol. The van der Waals surface area contributed by atoms with Crippen molar-refractivity contribution >= 4 is 5.91 Å². The molecule has 134 valence electrons. The summed E-state index contributed by atoms with van der Waals surface area (Å²) in [6.07, 6.45) is 4.43. The van der Waals surface area contributed by atoms with E-state index in [9.17, 15) is 4.79 Å². The number of carbonyl (C=O) groups excluding carboxylic acids is 1. The Morgan fingerprint density at radius 2 is 1.81 bits per heavy atom. The molecule has 4 rings (SSSR count). The maximum Gasteiger partial charge on any atom is 0.227 e. The molecular formula is C20H23N5O. The molecule has 1 amide bonds. The van der Waals surface area contributed by atoms with Crippen LogP contribution < -0.4 is 0 Å². The zero-order chi connectivity index (χ0) is 18.1. The first kappa shape index (κ1) is 16.6. The lowest BCUT2D eigenvalue weighted by Crippen LogP contribution is -2.39. The molecule has 0 atom stereocenters. The van der Waals surface area contributed by atoms with Gasteiger partial charge in [-0.15, -0.1) is 10.2 Å². The topological polar surface area (TPSA) is 56.0 Å². The molecule has 26 heavy (non-hydrogen) atoms. The number of nitrogens with zero attached hydrogens (tertiary/aromatic N) is 5. The quantitative estimate of drug-likeness (QED) is 0.728. The molecule has 0 unspecified atom stereocenters. The fourth-order valence-electron chi connectivity index (χ4n) is 3.40. The molecule has 0 N–H and O–H groups in total. The van der Waals surface area contributed by atoms with Crippen molar-refractivity contribution in [1.29, 1.82) is 0 Å². The van der Waals surface area contributed by atoms with E-state index in [4.69, 9.17) is 0 Å². The summed E-state index contributed by atoms with van der Waals surface area (Å²) in [5, 5.41) is 8.56. The Hall–Kier alpha value is -2.89. The van der Waals surface area contributed by atoms with Crippen molar-refractivity contribution in [2.24, 2.45) is 0 Å². The molecule has 1 aliphatic heterocycles. The van der Waals surface area contributed by atoms with Gasteiger partial charge in [-0.2, -0.15) is 0 Å². The molecule has 3 heterocycles. The highest BCUT2D eigenvalue weighted by Crippen LogP contribution is 2.19. The fourth-order valence-corrected chi connectivity index (χ4v) is 3.40. The second-order valence-corrected chi connectivity index (χ2v) is 7.03. The van der Waals surface area contributed by atoms with Crippen LogP contribution in [0.5, 0.6) is 0 Å². The second-order valence-electron chi connectivity index (χ2n) is 7.03. The predicted molar refractivity (Wildman–Crippen MR) is 99.0 cm³/mol. The third kappa shape index (κ3) is 3.14. The van der Waals surface area contributed by atoms with Gasteiger partial charge in [-0.1, -0.05) is 26.0 Å². The molecule has 0 saturated heterocycles. The molecule has 0 bridgehead atoms. The molecule has 2 aromatic heterocycles. The number of amides is 1. The number of rotatable bonds is 4. The lowest BCUT2D eigenvalue weighted by atomic mass is 10.1. The first-order valence-electron chi connectivity index (χ1n) is 9.04. The number of aromatic nitrogens is 4. The maximum atomic E-state index is 12.7. The van der Waals surface area contributed by atoms with E-state index in [1.165, 1.54) is 0 Å². The predicted octanol–water partition coefficient (Wildman–Crippen LogP) is 2.78. The minimum Gasteiger partial charge on any atom is -0.333 e. The van der Waals surface area contributed by atoms with Crippen molar-refractivity contribution in [2.75, 3.05) is 6.54 Å². The van der Waals surface area contributed by atoms with Gasteiger partial charge in [-0.05, 0) is 29.8 Å². The zero-order valence-electron chi connectivity index (χ0n) is 15.2. The zero-order valence-corrected chi connectivity index (χ0v) is 15.2. The third-order valence-electron chi connectivity index (χ3n) is 4.85. The maximum absolute atomic E-state index is 12.7.